The standard InChI is InChI=1S/C51H33N3/c1-3-16-43-35(10-1)12-8-20-44(43)36-23-27-38(28-24-36)50-32-49(37-25-21-34(22-26-37)42-15-9-29-52-33-42)53-51(54-50)41-14-7-13-39(30-41)48-31-40-11-2-4-17-45(40)46-18-5-6-19-47(46)48/h1-33H. The van der Waals surface area contributed by atoms with E-state index in [0.717, 1.165) is 44.8 Å². The van der Waals surface area contributed by atoms with E-state index in [1.807, 2.05) is 12.3 Å². The predicted molar refractivity (Wildman–Crippen MR) is 225 cm³/mol. The predicted octanol–water partition coefficient (Wildman–Crippen LogP) is 13.3. The van der Waals surface area contributed by atoms with Crippen molar-refractivity contribution in [2.24, 2.45) is 0 Å². The van der Waals surface area contributed by atoms with Crippen molar-refractivity contribution in [3.05, 3.63) is 200 Å². The van der Waals surface area contributed by atoms with Crippen LogP contribution in [0.1, 0.15) is 0 Å². The summed E-state index contributed by atoms with van der Waals surface area (Å²) in [5.74, 6) is 0.684. The SMILES string of the molecule is c1cncc(-c2ccc(-c3cc(-c4ccc(-c5cccc6ccccc56)cc4)nc(-c4cccc(-c5cc6ccccc6c6ccccc56)c4)n3)cc2)c1. The van der Waals surface area contributed by atoms with E-state index in [-0.39, 0.29) is 0 Å². The molecule has 0 N–H and O–H groups in total. The van der Waals surface area contributed by atoms with Crippen LogP contribution in [0.4, 0.5) is 0 Å². The molecule has 2 aromatic heterocycles. The topological polar surface area (TPSA) is 38.7 Å². The Bertz CT molecular complexity index is 2960. The molecule has 0 saturated carbocycles. The van der Waals surface area contributed by atoms with Gasteiger partial charge in [-0.2, -0.15) is 0 Å². The van der Waals surface area contributed by atoms with Crippen molar-refractivity contribution in [3.63, 3.8) is 0 Å². The van der Waals surface area contributed by atoms with Crippen LogP contribution in [0.3, 0.4) is 0 Å². The van der Waals surface area contributed by atoms with Crippen LogP contribution in [0.5, 0.6) is 0 Å². The summed E-state index contributed by atoms with van der Waals surface area (Å²) >= 11 is 0. The molecule has 252 valence electrons. The number of hydrogen-bond acceptors (Lipinski definition) is 3. The molecule has 3 heteroatoms. The molecular formula is C51H33N3. The van der Waals surface area contributed by atoms with E-state index >= 15 is 0 Å². The van der Waals surface area contributed by atoms with E-state index in [1.165, 1.54) is 49.0 Å². The molecule has 0 fully saturated rings. The summed E-state index contributed by atoms with van der Waals surface area (Å²) in [6.45, 7) is 0. The van der Waals surface area contributed by atoms with Crippen molar-refractivity contribution < 1.29 is 0 Å². The van der Waals surface area contributed by atoms with E-state index < -0.39 is 0 Å². The summed E-state index contributed by atoms with van der Waals surface area (Å²) in [4.78, 5) is 14.8. The van der Waals surface area contributed by atoms with E-state index in [9.17, 15) is 0 Å². The van der Waals surface area contributed by atoms with Gasteiger partial charge < -0.3 is 0 Å². The number of nitrogens with zero attached hydrogens (tertiary/aromatic N) is 3. The quantitative estimate of drug-likeness (QED) is 0.163. The van der Waals surface area contributed by atoms with Crippen LogP contribution in [0, 0.1) is 0 Å². The number of pyridine rings is 1. The van der Waals surface area contributed by atoms with Gasteiger partial charge in [-0.1, -0.05) is 164 Å². The molecule has 0 unspecified atom stereocenters. The molecule has 0 saturated heterocycles. The van der Waals surface area contributed by atoms with E-state index in [2.05, 4.69) is 187 Å². The van der Waals surface area contributed by atoms with E-state index in [1.54, 1.807) is 6.20 Å². The van der Waals surface area contributed by atoms with Gasteiger partial charge in [-0.15, -0.1) is 0 Å². The fourth-order valence-electron chi connectivity index (χ4n) is 7.66. The normalized spacial score (nSPS) is 11.3. The molecule has 10 rings (SSSR count). The van der Waals surface area contributed by atoms with Crippen LogP contribution in [0.2, 0.25) is 0 Å². The van der Waals surface area contributed by atoms with Crippen molar-refractivity contribution in [2.45, 2.75) is 0 Å². The minimum Gasteiger partial charge on any atom is -0.264 e. The summed E-state index contributed by atoms with van der Waals surface area (Å²) in [5.41, 5.74) is 11.7. The van der Waals surface area contributed by atoms with Crippen molar-refractivity contribution >= 4 is 32.3 Å². The summed E-state index contributed by atoms with van der Waals surface area (Å²) in [7, 11) is 0. The number of rotatable bonds is 6. The van der Waals surface area contributed by atoms with Gasteiger partial charge in [0.15, 0.2) is 5.82 Å². The summed E-state index contributed by atoms with van der Waals surface area (Å²) in [6.07, 6.45) is 3.69. The average Bonchev–Trinajstić information content (AvgIpc) is 3.26. The Morgan fingerprint density at radius 1 is 0.296 bits per heavy atom. The molecule has 10 aromatic rings. The van der Waals surface area contributed by atoms with Crippen molar-refractivity contribution in [3.8, 4) is 67.3 Å². The highest BCUT2D eigenvalue weighted by Crippen LogP contribution is 2.37. The van der Waals surface area contributed by atoms with Gasteiger partial charge in [-0.3, -0.25) is 4.98 Å². The molecule has 0 radical (unpaired) electrons. The highest BCUT2D eigenvalue weighted by Gasteiger charge is 2.14. The maximum Gasteiger partial charge on any atom is 0.160 e. The van der Waals surface area contributed by atoms with Gasteiger partial charge in [0, 0.05) is 29.1 Å². The third-order valence-electron chi connectivity index (χ3n) is 10.4. The molecule has 54 heavy (non-hydrogen) atoms. The zero-order valence-corrected chi connectivity index (χ0v) is 29.4. The third kappa shape index (κ3) is 5.78. The molecular weight excluding hydrogens is 655 g/mol. The van der Waals surface area contributed by atoms with Gasteiger partial charge in [0.05, 0.1) is 11.4 Å². The smallest absolute Gasteiger partial charge is 0.160 e. The Balaban J connectivity index is 1.10. The molecule has 0 aliphatic rings. The lowest BCUT2D eigenvalue weighted by atomic mass is 9.92. The zero-order valence-electron chi connectivity index (χ0n) is 29.4. The lowest BCUT2D eigenvalue weighted by Gasteiger charge is -2.13. The largest absolute Gasteiger partial charge is 0.264 e. The molecule has 3 nitrogen and oxygen atoms in total. The number of benzene rings is 8. The molecule has 0 spiro atoms. The second-order valence-electron chi connectivity index (χ2n) is 13.7. The highest BCUT2D eigenvalue weighted by molar-refractivity contribution is 6.13. The van der Waals surface area contributed by atoms with Gasteiger partial charge in [-0.05, 0) is 90.0 Å². The molecule has 0 aliphatic carbocycles. The maximum absolute atomic E-state index is 5.24. The second kappa shape index (κ2) is 13.4. The molecule has 2 heterocycles. The van der Waals surface area contributed by atoms with Crippen LogP contribution in [-0.4, -0.2) is 15.0 Å². The number of aromatic nitrogens is 3. The van der Waals surface area contributed by atoms with Crippen LogP contribution in [-0.2, 0) is 0 Å². The fourth-order valence-corrected chi connectivity index (χ4v) is 7.66. The molecule has 0 aliphatic heterocycles. The molecule has 0 atom stereocenters. The van der Waals surface area contributed by atoms with E-state index in [4.69, 9.17) is 9.97 Å². The lowest BCUT2D eigenvalue weighted by Crippen LogP contribution is -1.96. The van der Waals surface area contributed by atoms with Gasteiger partial charge in [0.1, 0.15) is 0 Å². The first kappa shape index (κ1) is 31.5. The minimum absolute atomic E-state index is 0.684. The van der Waals surface area contributed by atoms with E-state index in [0.29, 0.717) is 5.82 Å². The fraction of sp³-hybridized carbons (Fsp3) is 0. The first-order chi connectivity index (χ1) is 26.7. The average molecular weight is 688 g/mol. The third-order valence-corrected chi connectivity index (χ3v) is 10.4. The zero-order chi connectivity index (χ0) is 35.8. The van der Waals surface area contributed by atoms with Gasteiger partial charge in [-0.25, -0.2) is 9.97 Å². The van der Waals surface area contributed by atoms with Crippen LogP contribution < -0.4 is 0 Å². The van der Waals surface area contributed by atoms with Crippen molar-refractivity contribution in [2.75, 3.05) is 0 Å². The highest BCUT2D eigenvalue weighted by atomic mass is 14.9. The summed E-state index contributed by atoms with van der Waals surface area (Å²) < 4.78 is 0. The molecule has 0 bridgehead atoms. The van der Waals surface area contributed by atoms with Crippen molar-refractivity contribution in [1.29, 1.82) is 0 Å². The Labute approximate surface area is 313 Å². The molecule has 8 aromatic carbocycles. The maximum atomic E-state index is 5.24. The number of fused-ring (bicyclic) bond motifs is 4. The molecule has 0 amide bonds. The van der Waals surface area contributed by atoms with Gasteiger partial charge >= 0.3 is 0 Å². The van der Waals surface area contributed by atoms with Crippen LogP contribution >= 0.6 is 0 Å². The number of hydrogen-bond donors (Lipinski definition) is 0. The van der Waals surface area contributed by atoms with Gasteiger partial charge in [0.2, 0.25) is 0 Å². The summed E-state index contributed by atoms with van der Waals surface area (Å²) in [6, 6.07) is 66.7. The van der Waals surface area contributed by atoms with Crippen LogP contribution in [0.25, 0.3) is 99.6 Å². The first-order valence-corrected chi connectivity index (χ1v) is 18.2. The second-order valence-corrected chi connectivity index (χ2v) is 13.7. The minimum atomic E-state index is 0.684. The Kier molecular flexibility index (Phi) is 7.81. The lowest BCUT2D eigenvalue weighted by molar-refractivity contribution is 1.18. The Hall–Kier alpha value is -7.23. The Morgan fingerprint density at radius 3 is 1.61 bits per heavy atom. The monoisotopic (exact) mass is 687 g/mol. The first-order valence-electron chi connectivity index (χ1n) is 18.2. The Morgan fingerprint density at radius 2 is 0.870 bits per heavy atom. The summed E-state index contributed by atoms with van der Waals surface area (Å²) in [5, 5.41) is 7.43. The van der Waals surface area contributed by atoms with Crippen LogP contribution in [0.15, 0.2) is 200 Å². The van der Waals surface area contributed by atoms with Crippen molar-refractivity contribution in [1.82, 2.24) is 15.0 Å². The van der Waals surface area contributed by atoms with Gasteiger partial charge in [0.25, 0.3) is 0 Å².